The molecule has 3 unspecified atom stereocenters. The zero-order valence-electron chi connectivity index (χ0n) is 12.1. The van der Waals surface area contributed by atoms with Crippen molar-refractivity contribution in [1.29, 1.82) is 0 Å². The van der Waals surface area contributed by atoms with Crippen molar-refractivity contribution in [1.82, 2.24) is 0 Å². The quantitative estimate of drug-likeness (QED) is 0.590. The maximum atomic E-state index is 6.49. The highest BCUT2D eigenvalue weighted by molar-refractivity contribution is 6.48. The van der Waals surface area contributed by atoms with Crippen LogP contribution in [0.2, 0.25) is 5.82 Å². The first kappa shape index (κ1) is 14.6. The third kappa shape index (κ3) is 2.58. The molecular weight excluding hydrogens is 248 g/mol. The molecule has 2 fully saturated rings. The van der Waals surface area contributed by atoms with Crippen LogP contribution in [0.15, 0.2) is 0 Å². The number of halogens is 1. The van der Waals surface area contributed by atoms with Crippen molar-refractivity contribution >= 4 is 18.7 Å². The monoisotopic (exact) mass is 273 g/mol. The number of nitrogens with two attached hydrogens (primary N) is 1. The van der Waals surface area contributed by atoms with Crippen LogP contribution < -0.4 is 5.73 Å². The molecule has 1 saturated heterocycles. The van der Waals surface area contributed by atoms with Gasteiger partial charge in [-0.2, -0.15) is 0 Å². The molecule has 0 radical (unpaired) electrons. The molecule has 2 N–H and O–H groups in total. The van der Waals surface area contributed by atoms with E-state index in [4.69, 9.17) is 26.6 Å². The van der Waals surface area contributed by atoms with Gasteiger partial charge in [0.1, 0.15) is 0 Å². The molecule has 0 aromatic heterocycles. The normalized spacial score (nSPS) is 43.2. The Bertz CT molecular complexity index is 317. The highest BCUT2D eigenvalue weighted by Gasteiger charge is 2.56. The molecule has 104 valence electrons. The molecule has 0 spiro atoms. The fourth-order valence-corrected chi connectivity index (χ4v) is 3.08. The predicted molar refractivity (Wildman–Crippen MR) is 75.9 cm³/mol. The van der Waals surface area contributed by atoms with Crippen LogP contribution in [0, 0.1) is 0 Å². The first-order valence-corrected chi connectivity index (χ1v) is 7.22. The van der Waals surface area contributed by atoms with Crippen LogP contribution >= 0.6 is 11.6 Å². The lowest BCUT2D eigenvalue weighted by molar-refractivity contribution is 0.00578. The molecule has 0 bridgehead atoms. The average molecular weight is 274 g/mol. The van der Waals surface area contributed by atoms with Gasteiger partial charge in [0.25, 0.3) is 0 Å². The topological polar surface area (TPSA) is 44.5 Å². The SMILES string of the molecule is CC1(Cl)CCC(N)C(B2OC(C)(C)C(C)(C)O2)C1. The van der Waals surface area contributed by atoms with E-state index in [1.54, 1.807) is 0 Å². The third-order valence-electron chi connectivity index (χ3n) is 4.83. The van der Waals surface area contributed by atoms with Gasteiger partial charge in [-0.25, -0.2) is 0 Å². The van der Waals surface area contributed by atoms with Crippen LogP contribution in [-0.4, -0.2) is 29.2 Å². The van der Waals surface area contributed by atoms with E-state index in [1.807, 2.05) is 0 Å². The van der Waals surface area contributed by atoms with Crippen LogP contribution in [0.3, 0.4) is 0 Å². The van der Waals surface area contributed by atoms with Crippen LogP contribution in [0.25, 0.3) is 0 Å². The summed E-state index contributed by atoms with van der Waals surface area (Å²) >= 11 is 6.49. The average Bonchev–Trinajstić information content (AvgIpc) is 2.40. The van der Waals surface area contributed by atoms with Crippen molar-refractivity contribution < 1.29 is 9.31 Å². The highest BCUT2D eigenvalue weighted by atomic mass is 35.5. The van der Waals surface area contributed by atoms with Crippen molar-refractivity contribution in [3.8, 4) is 0 Å². The second-order valence-corrected chi connectivity index (χ2v) is 8.02. The molecule has 1 aliphatic carbocycles. The Morgan fingerprint density at radius 3 is 2.11 bits per heavy atom. The van der Waals surface area contributed by atoms with Crippen LogP contribution in [-0.2, 0) is 9.31 Å². The lowest BCUT2D eigenvalue weighted by Gasteiger charge is -2.38. The third-order valence-corrected chi connectivity index (χ3v) is 5.17. The van der Waals surface area contributed by atoms with Gasteiger partial charge >= 0.3 is 7.12 Å². The summed E-state index contributed by atoms with van der Waals surface area (Å²) in [5, 5.41) is 0. The van der Waals surface area contributed by atoms with E-state index in [-0.39, 0.29) is 35.1 Å². The minimum absolute atomic E-state index is 0.117. The molecule has 1 saturated carbocycles. The lowest BCUT2D eigenvalue weighted by atomic mass is 9.60. The minimum atomic E-state index is -0.294. The molecule has 1 aliphatic heterocycles. The van der Waals surface area contributed by atoms with E-state index in [0.29, 0.717) is 0 Å². The summed E-state index contributed by atoms with van der Waals surface area (Å²) in [5.41, 5.74) is 5.65. The fourth-order valence-electron chi connectivity index (χ4n) is 2.79. The van der Waals surface area contributed by atoms with Crippen LogP contribution in [0.1, 0.15) is 53.9 Å². The lowest BCUT2D eigenvalue weighted by Crippen LogP contribution is -2.45. The van der Waals surface area contributed by atoms with E-state index in [9.17, 15) is 0 Å². The van der Waals surface area contributed by atoms with Gasteiger partial charge in [-0.15, -0.1) is 11.6 Å². The largest absolute Gasteiger partial charge is 0.462 e. The van der Waals surface area contributed by atoms with E-state index in [2.05, 4.69) is 34.6 Å². The zero-order valence-corrected chi connectivity index (χ0v) is 12.9. The molecule has 5 heteroatoms. The van der Waals surface area contributed by atoms with E-state index < -0.39 is 0 Å². The Morgan fingerprint density at radius 2 is 1.61 bits per heavy atom. The van der Waals surface area contributed by atoms with Crippen molar-refractivity contribution in [2.75, 3.05) is 0 Å². The molecule has 0 amide bonds. The predicted octanol–water partition coefficient (Wildman–Crippen LogP) is 2.96. The summed E-state index contributed by atoms with van der Waals surface area (Å²) in [6, 6.07) is 0.117. The molecule has 18 heavy (non-hydrogen) atoms. The first-order valence-electron chi connectivity index (χ1n) is 6.84. The summed E-state index contributed by atoms with van der Waals surface area (Å²) in [7, 11) is -0.233. The molecule has 3 nitrogen and oxygen atoms in total. The van der Waals surface area contributed by atoms with Gasteiger partial charge < -0.3 is 15.0 Å². The molecule has 2 aliphatic rings. The number of hydrogen-bond acceptors (Lipinski definition) is 3. The van der Waals surface area contributed by atoms with E-state index in [1.165, 1.54) is 0 Å². The zero-order chi connectivity index (χ0) is 13.8. The number of rotatable bonds is 1. The smallest absolute Gasteiger partial charge is 0.403 e. The first-order chi connectivity index (χ1) is 8.04. The Labute approximate surface area is 116 Å². The van der Waals surface area contributed by atoms with E-state index in [0.717, 1.165) is 19.3 Å². The summed E-state index contributed by atoms with van der Waals surface area (Å²) in [6.07, 6.45) is 2.76. The van der Waals surface area contributed by atoms with E-state index >= 15 is 0 Å². The van der Waals surface area contributed by atoms with Crippen LogP contribution in [0.4, 0.5) is 0 Å². The molecule has 0 aromatic rings. The van der Waals surface area contributed by atoms with Gasteiger partial charge in [0.2, 0.25) is 0 Å². The Hall–Kier alpha value is 0.235. The van der Waals surface area contributed by atoms with Crippen molar-refractivity contribution in [2.45, 2.75) is 81.8 Å². The summed E-state index contributed by atoms with van der Waals surface area (Å²) in [5.74, 6) is 0.183. The summed E-state index contributed by atoms with van der Waals surface area (Å²) in [4.78, 5) is -0.176. The molecule has 1 heterocycles. The molecular formula is C13H25BClNO2. The Kier molecular flexibility index (Phi) is 3.56. The summed E-state index contributed by atoms with van der Waals surface area (Å²) < 4.78 is 12.2. The van der Waals surface area contributed by atoms with Crippen molar-refractivity contribution in [3.05, 3.63) is 0 Å². The highest BCUT2D eigenvalue weighted by Crippen LogP contribution is 2.47. The molecule has 3 atom stereocenters. The molecule has 2 rings (SSSR count). The van der Waals surface area contributed by atoms with Gasteiger partial charge in [-0.05, 0) is 53.9 Å². The summed E-state index contributed by atoms with van der Waals surface area (Å²) in [6.45, 7) is 10.4. The maximum Gasteiger partial charge on any atom is 0.462 e. The van der Waals surface area contributed by atoms with Crippen molar-refractivity contribution in [2.24, 2.45) is 5.73 Å². The minimum Gasteiger partial charge on any atom is -0.403 e. The van der Waals surface area contributed by atoms with Gasteiger partial charge in [-0.3, -0.25) is 0 Å². The number of alkyl halides is 1. The van der Waals surface area contributed by atoms with Gasteiger partial charge in [0, 0.05) is 16.7 Å². The molecule has 0 aromatic carbocycles. The van der Waals surface area contributed by atoms with Crippen LogP contribution in [0.5, 0.6) is 0 Å². The Balaban J connectivity index is 2.13. The fraction of sp³-hybridized carbons (Fsp3) is 1.00. The Morgan fingerprint density at radius 1 is 1.11 bits per heavy atom. The van der Waals surface area contributed by atoms with Gasteiger partial charge in [0.05, 0.1) is 11.2 Å². The second-order valence-electron chi connectivity index (χ2n) is 7.11. The van der Waals surface area contributed by atoms with Gasteiger partial charge in [-0.1, -0.05) is 0 Å². The van der Waals surface area contributed by atoms with Crippen molar-refractivity contribution in [3.63, 3.8) is 0 Å². The number of hydrogen-bond donors (Lipinski definition) is 1. The van der Waals surface area contributed by atoms with Gasteiger partial charge in [0.15, 0.2) is 0 Å². The standard InChI is InChI=1S/C13H25BClNO2/c1-11(2)12(3,4)18-14(17-11)9-8-13(5,15)7-6-10(9)16/h9-10H,6-8,16H2,1-5H3. The second kappa shape index (κ2) is 4.37. The maximum absolute atomic E-state index is 6.49.